The number of rotatable bonds is 2. The lowest BCUT2D eigenvalue weighted by Gasteiger charge is -2.08. The highest BCUT2D eigenvalue weighted by atomic mass is 127. The summed E-state index contributed by atoms with van der Waals surface area (Å²) in [5, 5.41) is 3.90. The molecule has 114 valence electrons. The van der Waals surface area contributed by atoms with Gasteiger partial charge in [-0.15, -0.1) is 0 Å². The Labute approximate surface area is 147 Å². The first-order chi connectivity index (χ1) is 11.2. The van der Waals surface area contributed by atoms with E-state index in [-0.39, 0.29) is 5.91 Å². The molecule has 0 bridgehead atoms. The minimum Gasteiger partial charge on any atom is -0.346 e. The van der Waals surface area contributed by atoms with E-state index in [1.807, 2.05) is 43.6 Å². The maximum atomic E-state index is 11.8. The summed E-state index contributed by atoms with van der Waals surface area (Å²) in [6, 6.07) is 10.00. The van der Waals surface area contributed by atoms with E-state index in [9.17, 15) is 4.79 Å². The summed E-state index contributed by atoms with van der Waals surface area (Å²) in [7, 11) is 0. The lowest BCUT2D eigenvalue weighted by Crippen LogP contribution is -2.09. The second-order valence-electron chi connectivity index (χ2n) is 4.94. The van der Waals surface area contributed by atoms with Crippen LogP contribution < -0.4 is 5.32 Å². The van der Waals surface area contributed by atoms with Crippen molar-refractivity contribution in [2.75, 3.05) is 5.32 Å². The quantitative estimate of drug-likeness (QED) is 0.487. The highest BCUT2D eigenvalue weighted by Crippen LogP contribution is 2.28. The van der Waals surface area contributed by atoms with Crippen LogP contribution in [0.3, 0.4) is 0 Å². The summed E-state index contributed by atoms with van der Waals surface area (Å²) < 4.78 is 0.966. The normalized spacial score (nSPS) is 10.2. The van der Waals surface area contributed by atoms with Gasteiger partial charge in [0.2, 0.25) is 0 Å². The molecule has 0 fully saturated rings. The molecule has 0 saturated heterocycles. The number of aromatic amines is 1. The average molecular weight is 415 g/mol. The number of aromatic nitrogens is 2. The summed E-state index contributed by atoms with van der Waals surface area (Å²) in [5.74, 6) is 5.05. The van der Waals surface area contributed by atoms with Gasteiger partial charge in [-0.3, -0.25) is 4.79 Å². The zero-order valence-electron chi connectivity index (χ0n) is 12.5. The molecule has 3 rings (SSSR count). The maximum Gasteiger partial charge on any atom is 0.300 e. The van der Waals surface area contributed by atoms with Gasteiger partial charge in [0.05, 0.1) is 5.69 Å². The van der Waals surface area contributed by atoms with Gasteiger partial charge in [0.15, 0.2) is 0 Å². The van der Waals surface area contributed by atoms with Gasteiger partial charge in [0.1, 0.15) is 5.65 Å². The molecule has 1 amide bonds. The lowest BCUT2D eigenvalue weighted by molar-refractivity contribution is -0.111. The van der Waals surface area contributed by atoms with Crippen LogP contribution in [0.2, 0.25) is 0 Å². The zero-order valence-corrected chi connectivity index (χ0v) is 14.6. The molecule has 0 atom stereocenters. The summed E-state index contributed by atoms with van der Waals surface area (Å²) in [6.45, 7) is 1.91. The molecule has 23 heavy (non-hydrogen) atoms. The molecule has 0 aliphatic heterocycles. The van der Waals surface area contributed by atoms with E-state index >= 15 is 0 Å². The number of benzene rings is 1. The third kappa shape index (κ3) is 3.54. The Hall–Kier alpha value is -2.33. The smallest absolute Gasteiger partial charge is 0.300 e. The second kappa shape index (κ2) is 6.84. The number of amides is 1. The van der Waals surface area contributed by atoms with Gasteiger partial charge < -0.3 is 10.3 Å². The first-order valence-corrected chi connectivity index (χ1v) is 8.28. The number of anilines is 1. The molecule has 2 heterocycles. The fourth-order valence-electron chi connectivity index (χ4n) is 2.22. The largest absolute Gasteiger partial charge is 0.346 e. The minimum atomic E-state index is -0.291. The molecule has 0 saturated carbocycles. The van der Waals surface area contributed by atoms with E-state index in [4.69, 9.17) is 0 Å². The Balaban J connectivity index is 1.94. The van der Waals surface area contributed by atoms with Gasteiger partial charge in [0.25, 0.3) is 5.91 Å². The van der Waals surface area contributed by atoms with E-state index in [0.29, 0.717) is 6.42 Å². The predicted octanol–water partition coefficient (Wildman–Crippen LogP) is 4.19. The molecular formula is C18H14IN3O. The SMILES string of the molecule is CCC#CC(=O)Nc1cc(-c2cnc3[nH]ccc3c2)ccc1I. The van der Waals surface area contributed by atoms with Crippen LogP contribution >= 0.6 is 22.6 Å². The number of pyridine rings is 1. The third-order valence-corrected chi connectivity index (χ3v) is 4.27. The standard InChI is InChI=1S/C18H14IN3O/c1-2-3-4-17(23)22-16-10-12(5-6-15(16)19)14-9-13-7-8-20-18(13)21-11-14/h5-11H,2H2,1H3,(H,20,21)(H,22,23). The van der Waals surface area contributed by atoms with Crippen molar-refractivity contribution in [1.29, 1.82) is 0 Å². The highest BCUT2D eigenvalue weighted by Gasteiger charge is 2.07. The number of halogens is 1. The van der Waals surface area contributed by atoms with E-state index in [1.165, 1.54) is 0 Å². The third-order valence-electron chi connectivity index (χ3n) is 3.33. The number of carbonyl (C=O) groups excluding carboxylic acids is 1. The van der Waals surface area contributed by atoms with Crippen LogP contribution in [0, 0.1) is 15.4 Å². The van der Waals surface area contributed by atoms with E-state index in [0.717, 1.165) is 31.4 Å². The minimum absolute atomic E-state index is 0.291. The summed E-state index contributed by atoms with van der Waals surface area (Å²) in [6.07, 6.45) is 4.35. The summed E-state index contributed by atoms with van der Waals surface area (Å²) >= 11 is 2.20. The zero-order chi connectivity index (χ0) is 16.2. The molecule has 5 heteroatoms. The Kier molecular flexibility index (Phi) is 4.63. The molecule has 0 radical (unpaired) electrons. The fourth-order valence-corrected chi connectivity index (χ4v) is 2.69. The molecule has 3 aromatic rings. The van der Waals surface area contributed by atoms with Crippen molar-refractivity contribution in [1.82, 2.24) is 9.97 Å². The van der Waals surface area contributed by atoms with Gasteiger partial charge in [-0.05, 0) is 58.3 Å². The Morgan fingerprint density at radius 3 is 3.00 bits per heavy atom. The molecule has 0 spiro atoms. The van der Waals surface area contributed by atoms with Gasteiger partial charge >= 0.3 is 0 Å². The molecule has 2 aromatic heterocycles. The van der Waals surface area contributed by atoms with Crippen LogP contribution in [0.15, 0.2) is 42.7 Å². The van der Waals surface area contributed by atoms with Crippen molar-refractivity contribution in [3.63, 3.8) is 0 Å². The van der Waals surface area contributed by atoms with Crippen molar-refractivity contribution in [3.05, 3.63) is 46.3 Å². The highest BCUT2D eigenvalue weighted by molar-refractivity contribution is 14.1. The first kappa shape index (κ1) is 15.6. The van der Waals surface area contributed by atoms with Crippen LogP contribution in [-0.2, 0) is 4.79 Å². The Bertz CT molecular complexity index is 934. The van der Waals surface area contributed by atoms with Gasteiger partial charge in [0, 0.05) is 33.3 Å². The van der Waals surface area contributed by atoms with Crippen molar-refractivity contribution in [3.8, 4) is 23.0 Å². The topological polar surface area (TPSA) is 57.8 Å². The summed E-state index contributed by atoms with van der Waals surface area (Å²) in [5.41, 5.74) is 3.62. The van der Waals surface area contributed by atoms with Crippen LogP contribution in [-0.4, -0.2) is 15.9 Å². The molecule has 0 aliphatic rings. The van der Waals surface area contributed by atoms with Crippen molar-refractivity contribution in [2.24, 2.45) is 0 Å². The first-order valence-electron chi connectivity index (χ1n) is 7.20. The van der Waals surface area contributed by atoms with Gasteiger partial charge in [-0.1, -0.05) is 18.9 Å². The van der Waals surface area contributed by atoms with Crippen molar-refractivity contribution < 1.29 is 4.79 Å². The average Bonchev–Trinajstić information content (AvgIpc) is 3.02. The lowest BCUT2D eigenvalue weighted by atomic mass is 10.1. The van der Waals surface area contributed by atoms with E-state index < -0.39 is 0 Å². The van der Waals surface area contributed by atoms with Crippen LogP contribution in [0.5, 0.6) is 0 Å². The molecule has 1 aromatic carbocycles. The van der Waals surface area contributed by atoms with Crippen LogP contribution in [0.25, 0.3) is 22.2 Å². The van der Waals surface area contributed by atoms with Gasteiger partial charge in [-0.25, -0.2) is 4.98 Å². The summed E-state index contributed by atoms with van der Waals surface area (Å²) in [4.78, 5) is 19.3. The number of carbonyl (C=O) groups is 1. The number of nitrogens with zero attached hydrogens (tertiary/aromatic N) is 1. The second-order valence-corrected chi connectivity index (χ2v) is 6.11. The van der Waals surface area contributed by atoms with Crippen molar-refractivity contribution >= 4 is 45.2 Å². The fraction of sp³-hybridized carbons (Fsp3) is 0.111. The number of fused-ring (bicyclic) bond motifs is 1. The number of hydrogen-bond acceptors (Lipinski definition) is 2. The van der Waals surface area contributed by atoms with Crippen LogP contribution in [0.1, 0.15) is 13.3 Å². The molecule has 2 N–H and O–H groups in total. The Morgan fingerprint density at radius 2 is 2.17 bits per heavy atom. The van der Waals surface area contributed by atoms with Crippen LogP contribution in [0.4, 0.5) is 5.69 Å². The van der Waals surface area contributed by atoms with Crippen molar-refractivity contribution in [2.45, 2.75) is 13.3 Å². The van der Waals surface area contributed by atoms with Gasteiger partial charge in [-0.2, -0.15) is 0 Å². The molecule has 4 nitrogen and oxygen atoms in total. The predicted molar refractivity (Wildman–Crippen MR) is 101 cm³/mol. The maximum absolute atomic E-state index is 11.8. The number of hydrogen-bond donors (Lipinski definition) is 2. The van der Waals surface area contributed by atoms with E-state index in [2.05, 4.69) is 55.8 Å². The monoisotopic (exact) mass is 415 g/mol. The molecular weight excluding hydrogens is 401 g/mol. The van der Waals surface area contributed by atoms with E-state index in [1.54, 1.807) is 0 Å². The Morgan fingerprint density at radius 1 is 1.30 bits per heavy atom. The molecule has 0 unspecified atom stereocenters. The number of H-pyrrole nitrogens is 1. The molecule has 0 aliphatic carbocycles. The number of nitrogens with one attached hydrogen (secondary N) is 2.